The van der Waals surface area contributed by atoms with E-state index in [0.29, 0.717) is 6.42 Å². The Labute approximate surface area is 160 Å². The molecule has 1 atom stereocenters. The summed E-state index contributed by atoms with van der Waals surface area (Å²) in [6.45, 7) is 2.25. The van der Waals surface area contributed by atoms with Crippen LogP contribution in [0.4, 0.5) is 0 Å². The van der Waals surface area contributed by atoms with Gasteiger partial charge >= 0.3 is 0 Å². The number of hydrogen-bond acceptors (Lipinski definition) is 4. The number of rotatable bonds is 19. The van der Waals surface area contributed by atoms with Crippen LogP contribution in [-0.2, 0) is 14.9 Å². The van der Waals surface area contributed by atoms with Crippen molar-refractivity contribution < 1.29 is 22.9 Å². The predicted octanol–water partition coefficient (Wildman–Crippen LogP) is 4.64. The van der Waals surface area contributed by atoms with Crippen LogP contribution < -0.4 is 5.11 Å². The van der Waals surface area contributed by atoms with Crippen LogP contribution in [0.3, 0.4) is 0 Å². The van der Waals surface area contributed by atoms with Crippen molar-refractivity contribution >= 4 is 16.1 Å². The molecule has 0 fully saturated rings. The first-order chi connectivity index (χ1) is 12.4. The van der Waals surface area contributed by atoms with E-state index in [9.17, 15) is 18.3 Å². The Kier molecular flexibility index (Phi) is 16.2. The molecule has 6 heteroatoms. The second-order valence-electron chi connectivity index (χ2n) is 7.41. The molecule has 1 unspecified atom stereocenters. The summed E-state index contributed by atoms with van der Waals surface area (Å²) in [7, 11) is -4.55. The fourth-order valence-electron chi connectivity index (χ4n) is 3.27. The van der Waals surface area contributed by atoms with E-state index in [2.05, 4.69) is 6.92 Å². The molecule has 5 nitrogen and oxygen atoms in total. The summed E-state index contributed by atoms with van der Waals surface area (Å²) in [6.07, 6.45) is 19.2. The topological polar surface area (TPSA) is 94.5 Å². The third-order valence-corrected chi connectivity index (χ3v) is 6.09. The Morgan fingerprint density at radius 1 is 0.731 bits per heavy atom. The standard InChI is InChI=1S/C20H40O5S/c1-2-3-4-5-6-7-8-9-10-11-12-13-14-15-16-17-18-19(20(21)22)26(23,24)25/h19H,2-18H2,1H3,(H,21,22)(H,23,24,25)/p-1. The van der Waals surface area contributed by atoms with E-state index in [0.717, 1.165) is 19.3 Å². The molecule has 0 radical (unpaired) electrons. The van der Waals surface area contributed by atoms with Crippen LogP contribution in [-0.4, -0.2) is 24.2 Å². The Morgan fingerprint density at radius 3 is 1.31 bits per heavy atom. The fraction of sp³-hybridized carbons (Fsp3) is 0.950. The molecule has 1 N–H and O–H groups in total. The van der Waals surface area contributed by atoms with Gasteiger partial charge in [0.1, 0.15) is 5.25 Å². The van der Waals surface area contributed by atoms with Gasteiger partial charge in [-0.15, -0.1) is 0 Å². The maximum atomic E-state index is 10.9. The van der Waals surface area contributed by atoms with Crippen molar-refractivity contribution in [1.82, 2.24) is 0 Å². The van der Waals surface area contributed by atoms with Crippen LogP contribution in [0, 0.1) is 0 Å². The van der Waals surface area contributed by atoms with Gasteiger partial charge in [-0.25, -0.2) is 0 Å². The van der Waals surface area contributed by atoms with Gasteiger partial charge in [0.15, 0.2) is 0 Å². The highest BCUT2D eigenvalue weighted by atomic mass is 32.2. The lowest BCUT2D eigenvalue weighted by atomic mass is 10.0. The number of carbonyl (C=O) groups is 1. The molecule has 0 spiro atoms. The van der Waals surface area contributed by atoms with Gasteiger partial charge in [-0.2, -0.15) is 8.42 Å². The van der Waals surface area contributed by atoms with Gasteiger partial charge < -0.3 is 9.90 Å². The van der Waals surface area contributed by atoms with E-state index in [4.69, 9.17) is 4.55 Å². The number of carboxylic acids is 1. The van der Waals surface area contributed by atoms with Gasteiger partial charge in [-0.3, -0.25) is 4.55 Å². The summed E-state index contributed by atoms with van der Waals surface area (Å²) in [5.74, 6) is -1.71. The molecule has 0 saturated carbocycles. The quantitative estimate of drug-likeness (QED) is 0.255. The molecule has 0 aliphatic rings. The summed E-state index contributed by atoms with van der Waals surface area (Å²) >= 11 is 0. The van der Waals surface area contributed by atoms with E-state index in [-0.39, 0.29) is 6.42 Å². The molecule has 0 heterocycles. The smallest absolute Gasteiger partial charge is 0.273 e. The molecule has 0 aromatic heterocycles. The minimum Gasteiger partial charge on any atom is -0.549 e. The van der Waals surface area contributed by atoms with Crippen molar-refractivity contribution in [2.24, 2.45) is 0 Å². The predicted molar refractivity (Wildman–Crippen MR) is 105 cm³/mol. The Morgan fingerprint density at radius 2 is 1.04 bits per heavy atom. The minimum atomic E-state index is -4.55. The van der Waals surface area contributed by atoms with E-state index >= 15 is 0 Å². The van der Waals surface area contributed by atoms with Crippen molar-refractivity contribution in [2.45, 2.75) is 121 Å². The van der Waals surface area contributed by atoms with Crippen LogP contribution in [0.5, 0.6) is 0 Å². The Balaban J connectivity index is 3.33. The monoisotopic (exact) mass is 391 g/mol. The Bertz CT molecular complexity index is 433. The lowest BCUT2D eigenvalue weighted by Gasteiger charge is -2.14. The number of carbonyl (C=O) groups excluding carboxylic acids is 1. The van der Waals surface area contributed by atoms with Gasteiger partial charge in [0, 0.05) is 0 Å². The van der Waals surface area contributed by atoms with Gasteiger partial charge in [-0.05, 0) is 6.42 Å². The van der Waals surface area contributed by atoms with Crippen LogP contribution in [0.2, 0.25) is 0 Å². The first-order valence-electron chi connectivity index (χ1n) is 10.6. The zero-order valence-corrected chi connectivity index (χ0v) is 17.4. The lowest BCUT2D eigenvalue weighted by Crippen LogP contribution is -2.40. The van der Waals surface area contributed by atoms with Crippen molar-refractivity contribution in [3.8, 4) is 0 Å². The minimum absolute atomic E-state index is 0.0698. The van der Waals surface area contributed by atoms with E-state index in [1.54, 1.807) is 0 Å². The first kappa shape index (κ1) is 25.4. The van der Waals surface area contributed by atoms with Gasteiger partial charge in [0.25, 0.3) is 10.1 Å². The van der Waals surface area contributed by atoms with Crippen LogP contribution in [0.15, 0.2) is 0 Å². The zero-order chi connectivity index (χ0) is 19.7. The molecule has 0 aromatic carbocycles. The number of unbranched alkanes of at least 4 members (excludes halogenated alkanes) is 15. The van der Waals surface area contributed by atoms with Crippen LogP contribution >= 0.6 is 0 Å². The highest BCUT2D eigenvalue weighted by Crippen LogP contribution is 2.15. The molecule has 0 bridgehead atoms. The van der Waals surface area contributed by atoms with Crippen molar-refractivity contribution in [1.29, 1.82) is 0 Å². The molecule has 0 aliphatic heterocycles. The molecule has 156 valence electrons. The summed E-state index contributed by atoms with van der Waals surface area (Å²) in [6, 6.07) is 0. The second kappa shape index (κ2) is 16.5. The summed E-state index contributed by atoms with van der Waals surface area (Å²) < 4.78 is 30.6. The zero-order valence-electron chi connectivity index (χ0n) is 16.6. The van der Waals surface area contributed by atoms with Gasteiger partial charge in [0.05, 0.1) is 5.97 Å². The molecular weight excluding hydrogens is 352 g/mol. The molecule has 0 aromatic rings. The maximum absolute atomic E-state index is 10.9. The van der Waals surface area contributed by atoms with Crippen LogP contribution in [0.1, 0.15) is 116 Å². The van der Waals surface area contributed by atoms with Crippen molar-refractivity contribution in [2.75, 3.05) is 0 Å². The maximum Gasteiger partial charge on any atom is 0.273 e. The average molecular weight is 392 g/mol. The highest BCUT2D eigenvalue weighted by Gasteiger charge is 2.23. The molecule has 0 rings (SSSR count). The first-order valence-corrected chi connectivity index (χ1v) is 12.1. The van der Waals surface area contributed by atoms with E-state index in [1.165, 1.54) is 77.0 Å². The van der Waals surface area contributed by atoms with Gasteiger partial charge in [-0.1, -0.05) is 110 Å². The largest absolute Gasteiger partial charge is 0.549 e. The molecule has 0 aliphatic carbocycles. The summed E-state index contributed by atoms with van der Waals surface area (Å²) in [4.78, 5) is 10.7. The van der Waals surface area contributed by atoms with Crippen molar-refractivity contribution in [3.63, 3.8) is 0 Å². The number of aliphatic carboxylic acids is 1. The van der Waals surface area contributed by atoms with Crippen molar-refractivity contribution in [3.05, 3.63) is 0 Å². The van der Waals surface area contributed by atoms with Gasteiger partial charge in [0.2, 0.25) is 0 Å². The molecule has 0 amide bonds. The number of hydrogen-bond donors (Lipinski definition) is 1. The third-order valence-electron chi connectivity index (χ3n) is 4.94. The third kappa shape index (κ3) is 15.6. The lowest BCUT2D eigenvalue weighted by molar-refractivity contribution is -0.305. The SMILES string of the molecule is CCCCCCCCCCCCCCCCCCC(C(=O)[O-])S(=O)(=O)O. The summed E-state index contributed by atoms with van der Waals surface area (Å²) in [5.41, 5.74) is 0. The van der Waals surface area contributed by atoms with E-state index in [1.807, 2.05) is 0 Å². The molecule has 26 heavy (non-hydrogen) atoms. The van der Waals surface area contributed by atoms with Crippen LogP contribution in [0.25, 0.3) is 0 Å². The average Bonchev–Trinajstić information content (AvgIpc) is 2.56. The highest BCUT2D eigenvalue weighted by molar-refractivity contribution is 7.87. The normalized spacial score (nSPS) is 13.0. The number of carboxylic acid groups (broad SMARTS) is 1. The second-order valence-corrected chi connectivity index (χ2v) is 9.01. The molecule has 0 saturated heterocycles. The fourth-order valence-corrected chi connectivity index (χ4v) is 3.97. The van der Waals surface area contributed by atoms with E-state index < -0.39 is 21.3 Å². The molecular formula is C20H39O5S-. The summed E-state index contributed by atoms with van der Waals surface area (Å²) in [5, 5.41) is 8.90. The Hall–Kier alpha value is -0.620.